The number of nitrogens with one attached hydrogen (secondary N) is 2. The number of rotatable bonds is 6. The Bertz CT molecular complexity index is 363. The number of carboxylic acids is 1. The first kappa shape index (κ1) is 18.2. The van der Waals surface area contributed by atoms with Crippen molar-refractivity contribution in [1.82, 2.24) is 15.5 Å². The fourth-order valence-electron chi connectivity index (χ4n) is 1.78. The molecule has 0 heterocycles. The average molecular weight is 287 g/mol. The molecule has 3 amide bonds. The summed E-state index contributed by atoms with van der Waals surface area (Å²) in [5.74, 6) is -1.25. The molecule has 20 heavy (non-hydrogen) atoms. The van der Waals surface area contributed by atoms with Crippen molar-refractivity contribution in [3.05, 3.63) is 0 Å². The van der Waals surface area contributed by atoms with Crippen molar-refractivity contribution < 1.29 is 19.5 Å². The number of carboxylic acid groups (broad SMARTS) is 1. The van der Waals surface area contributed by atoms with Crippen molar-refractivity contribution in [1.29, 1.82) is 0 Å². The molecule has 7 heteroatoms. The third-order valence-corrected chi connectivity index (χ3v) is 2.61. The number of hydrogen-bond acceptors (Lipinski definition) is 3. The zero-order valence-electron chi connectivity index (χ0n) is 12.8. The second-order valence-electron chi connectivity index (χ2n) is 6.04. The van der Waals surface area contributed by atoms with Gasteiger partial charge in [-0.1, -0.05) is 20.8 Å². The van der Waals surface area contributed by atoms with Crippen LogP contribution in [0.1, 0.15) is 33.6 Å². The van der Waals surface area contributed by atoms with E-state index >= 15 is 0 Å². The molecular weight excluding hydrogens is 262 g/mol. The predicted molar refractivity (Wildman–Crippen MR) is 75.3 cm³/mol. The second-order valence-corrected chi connectivity index (χ2v) is 6.04. The smallest absolute Gasteiger partial charge is 0.317 e. The van der Waals surface area contributed by atoms with E-state index in [9.17, 15) is 14.4 Å². The minimum absolute atomic E-state index is 0.0718. The Balaban J connectivity index is 4.59. The van der Waals surface area contributed by atoms with Crippen LogP contribution in [-0.2, 0) is 9.59 Å². The lowest BCUT2D eigenvalue weighted by Gasteiger charge is -2.27. The number of nitrogens with zero attached hydrogens (tertiary/aromatic N) is 1. The minimum atomic E-state index is -0.964. The van der Waals surface area contributed by atoms with Crippen molar-refractivity contribution in [2.75, 3.05) is 20.6 Å². The quantitative estimate of drug-likeness (QED) is 0.668. The van der Waals surface area contributed by atoms with Crippen LogP contribution in [0.5, 0.6) is 0 Å². The van der Waals surface area contributed by atoms with E-state index in [1.165, 1.54) is 19.0 Å². The van der Waals surface area contributed by atoms with E-state index in [1.54, 1.807) is 0 Å². The Kier molecular flexibility index (Phi) is 7.02. The Morgan fingerprint density at radius 2 is 1.80 bits per heavy atom. The van der Waals surface area contributed by atoms with Gasteiger partial charge in [0.25, 0.3) is 0 Å². The molecule has 0 bridgehead atoms. The molecule has 7 nitrogen and oxygen atoms in total. The molecule has 0 aromatic carbocycles. The topological polar surface area (TPSA) is 98.7 Å². The molecule has 0 aromatic rings. The van der Waals surface area contributed by atoms with Crippen molar-refractivity contribution in [3.8, 4) is 0 Å². The van der Waals surface area contributed by atoms with Crippen LogP contribution in [0.4, 0.5) is 4.79 Å². The monoisotopic (exact) mass is 287 g/mol. The molecule has 0 aromatic heterocycles. The Morgan fingerprint density at radius 1 is 1.25 bits per heavy atom. The number of carbonyl (C=O) groups is 3. The highest BCUT2D eigenvalue weighted by Crippen LogP contribution is 2.22. The highest BCUT2D eigenvalue weighted by atomic mass is 16.4. The van der Waals surface area contributed by atoms with Crippen molar-refractivity contribution in [2.45, 2.75) is 39.7 Å². The molecule has 0 rings (SSSR count). The average Bonchev–Trinajstić information content (AvgIpc) is 2.25. The normalized spacial score (nSPS) is 12.4. The van der Waals surface area contributed by atoms with Crippen LogP contribution < -0.4 is 10.6 Å². The van der Waals surface area contributed by atoms with Crippen LogP contribution in [0, 0.1) is 5.41 Å². The van der Waals surface area contributed by atoms with Crippen LogP contribution in [0.3, 0.4) is 0 Å². The third-order valence-electron chi connectivity index (χ3n) is 2.61. The van der Waals surface area contributed by atoms with Gasteiger partial charge < -0.3 is 20.6 Å². The molecule has 0 aliphatic heterocycles. The standard InChI is InChI=1S/C13H25N3O4/c1-13(2,3)7-9(6-11(18)19)15-12(20)16(5)8-10(17)14-4/h9H,6-8H2,1-5H3,(H,14,17)(H,15,20)(H,18,19). The van der Waals surface area contributed by atoms with Gasteiger partial charge in [-0.05, 0) is 11.8 Å². The maximum Gasteiger partial charge on any atom is 0.317 e. The number of amides is 3. The molecule has 3 N–H and O–H groups in total. The van der Waals surface area contributed by atoms with Gasteiger partial charge in [0.1, 0.15) is 6.54 Å². The summed E-state index contributed by atoms with van der Waals surface area (Å²) in [6, 6.07) is -0.920. The number of likely N-dealkylation sites (N-methyl/N-ethyl adjacent to an activating group) is 2. The molecule has 1 atom stereocenters. The Labute approximate surface area is 119 Å². The summed E-state index contributed by atoms with van der Waals surface area (Å²) >= 11 is 0. The first-order valence-electron chi connectivity index (χ1n) is 6.49. The van der Waals surface area contributed by atoms with Crippen molar-refractivity contribution in [2.24, 2.45) is 5.41 Å². The summed E-state index contributed by atoms with van der Waals surface area (Å²) in [4.78, 5) is 35.2. The molecule has 0 fully saturated rings. The molecule has 116 valence electrons. The molecular formula is C13H25N3O4. The number of hydrogen-bond donors (Lipinski definition) is 3. The highest BCUT2D eigenvalue weighted by Gasteiger charge is 2.24. The lowest BCUT2D eigenvalue weighted by Crippen LogP contribution is -2.47. The van der Waals surface area contributed by atoms with Crippen LogP contribution in [0.15, 0.2) is 0 Å². The van der Waals surface area contributed by atoms with E-state index < -0.39 is 18.0 Å². The van der Waals surface area contributed by atoms with Gasteiger partial charge in [-0.15, -0.1) is 0 Å². The summed E-state index contributed by atoms with van der Waals surface area (Å²) in [5.41, 5.74) is -0.104. The summed E-state index contributed by atoms with van der Waals surface area (Å²) in [7, 11) is 2.97. The summed E-state index contributed by atoms with van der Waals surface area (Å²) < 4.78 is 0. The van der Waals surface area contributed by atoms with Gasteiger partial charge in [-0.25, -0.2) is 4.79 Å². The van der Waals surface area contributed by atoms with Gasteiger partial charge in [0.05, 0.1) is 6.42 Å². The third kappa shape index (κ3) is 8.34. The van der Waals surface area contributed by atoms with Gasteiger partial charge in [-0.3, -0.25) is 9.59 Å². The van der Waals surface area contributed by atoms with Gasteiger partial charge in [0, 0.05) is 20.1 Å². The molecule has 0 saturated heterocycles. The SMILES string of the molecule is CNC(=O)CN(C)C(=O)NC(CC(=O)O)CC(C)(C)C. The summed E-state index contributed by atoms with van der Waals surface area (Å²) in [6.07, 6.45) is 0.398. The summed E-state index contributed by atoms with van der Waals surface area (Å²) in [5, 5.41) is 14.0. The highest BCUT2D eigenvalue weighted by molar-refractivity contribution is 5.84. The van der Waals surface area contributed by atoms with Crippen molar-refractivity contribution >= 4 is 17.9 Å². The number of aliphatic carboxylic acids is 1. The van der Waals surface area contributed by atoms with Crippen LogP contribution in [-0.4, -0.2) is 54.6 Å². The van der Waals surface area contributed by atoms with E-state index in [1.807, 2.05) is 20.8 Å². The number of urea groups is 1. The lowest BCUT2D eigenvalue weighted by atomic mass is 9.87. The van der Waals surface area contributed by atoms with Crippen LogP contribution >= 0.6 is 0 Å². The van der Waals surface area contributed by atoms with Crippen molar-refractivity contribution in [3.63, 3.8) is 0 Å². The molecule has 0 aliphatic carbocycles. The van der Waals surface area contributed by atoms with Gasteiger partial charge in [0.15, 0.2) is 0 Å². The van der Waals surface area contributed by atoms with Gasteiger partial charge in [-0.2, -0.15) is 0 Å². The molecule has 0 radical (unpaired) electrons. The zero-order valence-corrected chi connectivity index (χ0v) is 12.8. The van der Waals surface area contributed by atoms with E-state index in [0.717, 1.165) is 0 Å². The number of carbonyl (C=O) groups excluding carboxylic acids is 2. The Morgan fingerprint density at radius 3 is 2.20 bits per heavy atom. The molecule has 1 unspecified atom stereocenters. The van der Waals surface area contributed by atoms with E-state index in [2.05, 4.69) is 10.6 Å². The zero-order chi connectivity index (χ0) is 15.9. The Hall–Kier alpha value is -1.79. The van der Waals surface area contributed by atoms with Gasteiger partial charge in [0.2, 0.25) is 5.91 Å². The van der Waals surface area contributed by atoms with E-state index in [0.29, 0.717) is 6.42 Å². The van der Waals surface area contributed by atoms with E-state index in [-0.39, 0.29) is 24.3 Å². The van der Waals surface area contributed by atoms with Crippen LogP contribution in [0.2, 0.25) is 0 Å². The van der Waals surface area contributed by atoms with E-state index in [4.69, 9.17) is 5.11 Å². The molecule has 0 saturated carbocycles. The lowest BCUT2D eigenvalue weighted by molar-refractivity contribution is -0.137. The van der Waals surface area contributed by atoms with Gasteiger partial charge >= 0.3 is 12.0 Å². The predicted octanol–water partition coefficient (Wildman–Crippen LogP) is 0.653. The first-order valence-corrected chi connectivity index (χ1v) is 6.49. The maximum atomic E-state index is 11.9. The largest absolute Gasteiger partial charge is 0.481 e. The minimum Gasteiger partial charge on any atom is -0.481 e. The molecule has 0 spiro atoms. The van der Waals surface area contributed by atoms with Crippen LogP contribution in [0.25, 0.3) is 0 Å². The summed E-state index contributed by atoms with van der Waals surface area (Å²) in [6.45, 7) is 5.85. The fourth-order valence-corrected chi connectivity index (χ4v) is 1.78. The fraction of sp³-hybridized carbons (Fsp3) is 0.769. The first-order chi connectivity index (χ1) is 9.05. The second kappa shape index (κ2) is 7.72. The molecule has 0 aliphatic rings. The maximum absolute atomic E-state index is 11.9.